The van der Waals surface area contributed by atoms with Crippen LogP contribution in [0.3, 0.4) is 0 Å². The van der Waals surface area contributed by atoms with E-state index in [1.165, 1.54) is 45.2 Å². The van der Waals surface area contributed by atoms with Gasteiger partial charge in [-0.15, -0.1) is 0 Å². The zero-order chi connectivity index (χ0) is 12.7. The van der Waals surface area contributed by atoms with Crippen LogP contribution < -0.4 is 5.32 Å². The van der Waals surface area contributed by atoms with Gasteiger partial charge < -0.3 is 10.2 Å². The lowest BCUT2D eigenvalue weighted by atomic mass is 9.83. The van der Waals surface area contributed by atoms with Crippen LogP contribution in [0, 0.1) is 11.8 Å². The van der Waals surface area contributed by atoms with Gasteiger partial charge in [-0.25, -0.2) is 0 Å². The van der Waals surface area contributed by atoms with Crippen LogP contribution >= 0.6 is 0 Å². The summed E-state index contributed by atoms with van der Waals surface area (Å²) < 4.78 is 0. The number of nitrogens with one attached hydrogen (secondary N) is 1. The third-order valence-corrected chi connectivity index (χ3v) is 4.55. The molecule has 1 unspecified atom stereocenters. The molecular weight excluding hydrogens is 208 g/mol. The number of rotatable bonds is 7. The van der Waals surface area contributed by atoms with E-state index < -0.39 is 0 Å². The zero-order valence-electron chi connectivity index (χ0n) is 12.3. The third-order valence-electron chi connectivity index (χ3n) is 4.55. The van der Waals surface area contributed by atoms with Gasteiger partial charge in [-0.3, -0.25) is 0 Å². The molecule has 0 heterocycles. The normalized spacial score (nSPS) is 27.4. The standard InChI is InChI=1S/C15H32N2/c1-5-14(3)17(4)11-10-16-12-15-8-6-13(2)7-9-15/h13-16H,5-12H2,1-4H3. The monoisotopic (exact) mass is 240 g/mol. The van der Waals surface area contributed by atoms with Gasteiger partial charge in [-0.1, -0.05) is 26.7 Å². The number of nitrogens with zero attached hydrogens (tertiary/aromatic N) is 1. The van der Waals surface area contributed by atoms with E-state index in [-0.39, 0.29) is 0 Å². The summed E-state index contributed by atoms with van der Waals surface area (Å²) in [4.78, 5) is 2.45. The van der Waals surface area contributed by atoms with Crippen molar-refractivity contribution in [2.24, 2.45) is 11.8 Å². The minimum atomic E-state index is 0.715. The summed E-state index contributed by atoms with van der Waals surface area (Å²) in [6.07, 6.45) is 7.01. The van der Waals surface area contributed by atoms with Gasteiger partial charge in [-0.05, 0) is 51.6 Å². The van der Waals surface area contributed by atoms with Crippen LogP contribution in [-0.2, 0) is 0 Å². The molecule has 1 saturated carbocycles. The van der Waals surface area contributed by atoms with Crippen molar-refractivity contribution in [1.29, 1.82) is 0 Å². The molecule has 102 valence electrons. The van der Waals surface area contributed by atoms with Crippen LogP contribution in [0.15, 0.2) is 0 Å². The summed E-state index contributed by atoms with van der Waals surface area (Å²) in [5.74, 6) is 1.92. The topological polar surface area (TPSA) is 15.3 Å². The molecule has 0 aliphatic heterocycles. The highest BCUT2D eigenvalue weighted by molar-refractivity contribution is 4.72. The fraction of sp³-hybridized carbons (Fsp3) is 1.00. The molecule has 0 saturated heterocycles. The molecule has 0 spiro atoms. The van der Waals surface area contributed by atoms with Crippen molar-refractivity contribution < 1.29 is 0 Å². The maximum Gasteiger partial charge on any atom is 0.0107 e. The third kappa shape index (κ3) is 5.87. The maximum absolute atomic E-state index is 3.64. The summed E-state index contributed by atoms with van der Waals surface area (Å²) >= 11 is 0. The Kier molecular flexibility index (Phi) is 7.14. The second-order valence-corrected chi connectivity index (χ2v) is 6.07. The van der Waals surface area contributed by atoms with Crippen LogP contribution in [0.5, 0.6) is 0 Å². The summed E-state index contributed by atoms with van der Waals surface area (Å²) in [5.41, 5.74) is 0. The van der Waals surface area contributed by atoms with E-state index in [2.05, 4.69) is 38.0 Å². The van der Waals surface area contributed by atoms with Crippen LogP contribution in [0.2, 0.25) is 0 Å². The van der Waals surface area contributed by atoms with Crippen molar-refractivity contribution in [2.75, 3.05) is 26.7 Å². The summed E-state index contributed by atoms with van der Waals surface area (Å²) in [6.45, 7) is 10.5. The van der Waals surface area contributed by atoms with E-state index in [9.17, 15) is 0 Å². The first kappa shape index (κ1) is 15.0. The van der Waals surface area contributed by atoms with E-state index in [1.54, 1.807) is 0 Å². The fourth-order valence-corrected chi connectivity index (χ4v) is 2.63. The Morgan fingerprint density at radius 3 is 2.47 bits per heavy atom. The average Bonchev–Trinajstić information content (AvgIpc) is 2.35. The Bertz CT molecular complexity index is 185. The molecule has 1 fully saturated rings. The Morgan fingerprint density at radius 1 is 1.24 bits per heavy atom. The lowest BCUT2D eigenvalue weighted by molar-refractivity contribution is 0.242. The van der Waals surface area contributed by atoms with Crippen LogP contribution in [0.25, 0.3) is 0 Å². The highest BCUT2D eigenvalue weighted by Crippen LogP contribution is 2.27. The molecule has 0 aromatic heterocycles. The van der Waals surface area contributed by atoms with Gasteiger partial charge in [0.25, 0.3) is 0 Å². The van der Waals surface area contributed by atoms with Crippen molar-refractivity contribution in [2.45, 2.75) is 58.9 Å². The predicted octanol–water partition coefficient (Wildman–Crippen LogP) is 3.13. The molecule has 1 atom stereocenters. The fourth-order valence-electron chi connectivity index (χ4n) is 2.63. The van der Waals surface area contributed by atoms with Gasteiger partial charge in [0.15, 0.2) is 0 Å². The molecule has 1 aliphatic carbocycles. The van der Waals surface area contributed by atoms with E-state index in [0.717, 1.165) is 18.4 Å². The molecule has 0 aromatic carbocycles. The molecule has 1 aliphatic rings. The number of hydrogen-bond acceptors (Lipinski definition) is 2. The van der Waals surface area contributed by atoms with Crippen molar-refractivity contribution in [3.8, 4) is 0 Å². The molecule has 0 amide bonds. The Labute approximate surface area is 108 Å². The summed E-state index contributed by atoms with van der Waals surface area (Å²) in [6, 6.07) is 0.715. The minimum Gasteiger partial charge on any atom is -0.315 e. The quantitative estimate of drug-likeness (QED) is 0.688. The smallest absolute Gasteiger partial charge is 0.0107 e. The Balaban J connectivity index is 2.00. The predicted molar refractivity (Wildman–Crippen MR) is 76.4 cm³/mol. The van der Waals surface area contributed by atoms with Crippen LogP contribution in [-0.4, -0.2) is 37.6 Å². The number of likely N-dealkylation sites (N-methyl/N-ethyl adjacent to an activating group) is 1. The van der Waals surface area contributed by atoms with Crippen LogP contribution in [0.1, 0.15) is 52.9 Å². The maximum atomic E-state index is 3.64. The highest BCUT2D eigenvalue weighted by Gasteiger charge is 2.17. The molecule has 0 bridgehead atoms. The molecule has 2 heteroatoms. The zero-order valence-corrected chi connectivity index (χ0v) is 12.3. The molecule has 1 rings (SSSR count). The average molecular weight is 240 g/mol. The van der Waals surface area contributed by atoms with E-state index in [1.807, 2.05) is 0 Å². The van der Waals surface area contributed by atoms with Gasteiger partial charge in [0.1, 0.15) is 0 Å². The Hall–Kier alpha value is -0.0800. The van der Waals surface area contributed by atoms with Crippen molar-refractivity contribution >= 4 is 0 Å². The van der Waals surface area contributed by atoms with Gasteiger partial charge in [0.05, 0.1) is 0 Å². The highest BCUT2D eigenvalue weighted by atomic mass is 15.1. The number of hydrogen-bond donors (Lipinski definition) is 1. The molecule has 2 nitrogen and oxygen atoms in total. The van der Waals surface area contributed by atoms with E-state index >= 15 is 0 Å². The van der Waals surface area contributed by atoms with Gasteiger partial charge >= 0.3 is 0 Å². The van der Waals surface area contributed by atoms with Gasteiger partial charge in [0.2, 0.25) is 0 Å². The lowest BCUT2D eigenvalue weighted by Gasteiger charge is -2.27. The van der Waals surface area contributed by atoms with Crippen molar-refractivity contribution in [3.05, 3.63) is 0 Å². The lowest BCUT2D eigenvalue weighted by Crippen LogP contribution is -2.36. The molecule has 17 heavy (non-hydrogen) atoms. The van der Waals surface area contributed by atoms with E-state index in [4.69, 9.17) is 0 Å². The van der Waals surface area contributed by atoms with E-state index in [0.29, 0.717) is 6.04 Å². The molecular formula is C15H32N2. The first-order valence-electron chi connectivity index (χ1n) is 7.54. The van der Waals surface area contributed by atoms with Gasteiger partial charge in [0, 0.05) is 19.1 Å². The minimum absolute atomic E-state index is 0.715. The second kappa shape index (κ2) is 8.10. The van der Waals surface area contributed by atoms with Crippen molar-refractivity contribution in [1.82, 2.24) is 10.2 Å². The first-order chi connectivity index (χ1) is 8.13. The molecule has 1 N–H and O–H groups in total. The SMILES string of the molecule is CCC(C)N(C)CCNCC1CCC(C)CC1. The summed E-state index contributed by atoms with van der Waals surface area (Å²) in [7, 11) is 2.23. The van der Waals surface area contributed by atoms with Gasteiger partial charge in [-0.2, -0.15) is 0 Å². The summed E-state index contributed by atoms with van der Waals surface area (Å²) in [5, 5.41) is 3.64. The largest absolute Gasteiger partial charge is 0.315 e. The van der Waals surface area contributed by atoms with Crippen molar-refractivity contribution in [3.63, 3.8) is 0 Å². The first-order valence-corrected chi connectivity index (χ1v) is 7.54. The van der Waals surface area contributed by atoms with Crippen LogP contribution in [0.4, 0.5) is 0 Å². The Morgan fingerprint density at radius 2 is 1.88 bits per heavy atom. The second-order valence-electron chi connectivity index (χ2n) is 6.07. The molecule has 0 radical (unpaired) electrons. The molecule has 0 aromatic rings.